The summed E-state index contributed by atoms with van der Waals surface area (Å²) in [6, 6.07) is 22.8. The van der Waals surface area contributed by atoms with E-state index in [1.54, 1.807) is 36.4 Å². The molecule has 12 heteroatoms. The second-order valence-corrected chi connectivity index (χ2v) is 9.57. The molecule has 2 N–H and O–H groups in total. The maximum Gasteiger partial charge on any atom is 0.343 e. The third kappa shape index (κ3) is 8.90. The van der Waals surface area contributed by atoms with E-state index >= 15 is 0 Å². The number of amides is 2. The van der Waals surface area contributed by atoms with Gasteiger partial charge >= 0.3 is 11.9 Å². The number of hydrazone groups is 1. The molecule has 10 nitrogen and oxygen atoms in total. The second-order valence-electron chi connectivity index (χ2n) is 8.70. The Hall–Kier alpha value is -5.19. The molecule has 0 saturated carbocycles. The Balaban J connectivity index is 1.44. The molecule has 0 aromatic heterocycles. The first kappa shape index (κ1) is 30.8. The van der Waals surface area contributed by atoms with Gasteiger partial charge < -0.3 is 19.5 Å². The number of carbonyl (C=O) groups is 4. The van der Waals surface area contributed by atoms with Gasteiger partial charge in [-0.25, -0.2) is 15.0 Å². The predicted molar refractivity (Wildman–Crippen MR) is 160 cm³/mol. The number of halogens is 2. The Kier molecular flexibility index (Phi) is 10.5. The second kappa shape index (κ2) is 14.6. The number of carbonyl (C=O) groups excluding carboxylic acids is 4. The van der Waals surface area contributed by atoms with Crippen molar-refractivity contribution in [3.63, 3.8) is 0 Å². The first-order valence-corrected chi connectivity index (χ1v) is 13.3. The third-order valence-electron chi connectivity index (χ3n) is 5.71. The molecule has 218 valence electrons. The number of nitrogens with zero attached hydrogens (tertiary/aromatic N) is 1. The van der Waals surface area contributed by atoms with Crippen molar-refractivity contribution in [2.24, 2.45) is 5.10 Å². The van der Waals surface area contributed by atoms with Gasteiger partial charge in [-0.1, -0.05) is 23.2 Å². The molecule has 4 aromatic carbocycles. The normalized spacial score (nSPS) is 10.6. The van der Waals surface area contributed by atoms with Crippen LogP contribution in [-0.4, -0.2) is 43.6 Å². The van der Waals surface area contributed by atoms with Gasteiger partial charge in [0, 0.05) is 27.2 Å². The van der Waals surface area contributed by atoms with Crippen LogP contribution in [0, 0.1) is 0 Å². The van der Waals surface area contributed by atoms with Crippen LogP contribution < -0.4 is 25.0 Å². The Morgan fingerprint density at radius 1 is 0.721 bits per heavy atom. The number of methoxy groups -OCH3 is 1. The van der Waals surface area contributed by atoms with Gasteiger partial charge in [0.1, 0.15) is 17.2 Å². The number of esters is 2. The fourth-order valence-corrected chi connectivity index (χ4v) is 3.74. The topological polar surface area (TPSA) is 132 Å². The van der Waals surface area contributed by atoms with Gasteiger partial charge in [-0.3, -0.25) is 9.59 Å². The van der Waals surface area contributed by atoms with Gasteiger partial charge in [-0.05, 0) is 84.9 Å². The minimum Gasteiger partial charge on any atom is -0.497 e. The zero-order valence-electron chi connectivity index (χ0n) is 22.5. The molecule has 0 aliphatic heterocycles. The molecule has 0 saturated heterocycles. The fraction of sp³-hybridized carbons (Fsp3) is 0.0645. The highest BCUT2D eigenvalue weighted by Crippen LogP contribution is 2.26. The van der Waals surface area contributed by atoms with Gasteiger partial charge in [0.15, 0.2) is 0 Å². The third-order valence-corrected chi connectivity index (χ3v) is 6.22. The summed E-state index contributed by atoms with van der Waals surface area (Å²) >= 11 is 11.8. The average molecular weight is 620 g/mol. The van der Waals surface area contributed by atoms with Gasteiger partial charge in [0.25, 0.3) is 11.8 Å². The average Bonchev–Trinajstić information content (AvgIpc) is 3.01. The summed E-state index contributed by atoms with van der Waals surface area (Å²) < 4.78 is 16.0. The first-order valence-electron chi connectivity index (χ1n) is 12.6. The molecular weight excluding hydrogens is 597 g/mol. The minimum absolute atomic E-state index is 0.00726. The van der Waals surface area contributed by atoms with Crippen molar-refractivity contribution >= 4 is 53.2 Å². The largest absolute Gasteiger partial charge is 0.497 e. The lowest BCUT2D eigenvalue weighted by Crippen LogP contribution is -2.34. The summed E-state index contributed by atoms with van der Waals surface area (Å²) in [7, 11) is 1.51. The summed E-state index contributed by atoms with van der Waals surface area (Å²) in [4.78, 5) is 49.9. The van der Waals surface area contributed by atoms with E-state index in [9.17, 15) is 19.2 Å². The molecule has 0 aliphatic carbocycles. The lowest BCUT2D eigenvalue weighted by Gasteiger charge is -2.11. The van der Waals surface area contributed by atoms with E-state index in [2.05, 4.69) is 15.8 Å². The molecule has 0 spiro atoms. The summed E-state index contributed by atoms with van der Waals surface area (Å²) in [5, 5.41) is 7.28. The fourth-order valence-electron chi connectivity index (χ4n) is 3.49. The summed E-state index contributed by atoms with van der Waals surface area (Å²) in [6.45, 7) is -0.347. The summed E-state index contributed by atoms with van der Waals surface area (Å²) in [5.74, 6) is -1.76. The van der Waals surface area contributed by atoms with E-state index < -0.39 is 23.8 Å². The molecule has 4 aromatic rings. The quantitative estimate of drug-likeness (QED) is 0.106. The first-order chi connectivity index (χ1) is 20.7. The van der Waals surface area contributed by atoms with Crippen molar-refractivity contribution in [2.75, 3.05) is 13.7 Å². The van der Waals surface area contributed by atoms with E-state index in [4.69, 9.17) is 37.4 Å². The monoisotopic (exact) mass is 619 g/mol. The number of ether oxygens (including phenoxy) is 3. The van der Waals surface area contributed by atoms with Crippen molar-refractivity contribution in [3.05, 3.63) is 123 Å². The van der Waals surface area contributed by atoms with Crippen LogP contribution in [0.3, 0.4) is 0 Å². The zero-order valence-corrected chi connectivity index (χ0v) is 24.0. The smallest absolute Gasteiger partial charge is 0.343 e. The Labute approximate surface area is 256 Å². The highest BCUT2D eigenvalue weighted by atomic mass is 35.5. The van der Waals surface area contributed by atoms with Crippen LogP contribution in [0.4, 0.5) is 0 Å². The molecule has 0 bridgehead atoms. The van der Waals surface area contributed by atoms with Crippen molar-refractivity contribution in [2.45, 2.75) is 0 Å². The van der Waals surface area contributed by atoms with Gasteiger partial charge in [-0.2, -0.15) is 5.10 Å². The van der Waals surface area contributed by atoms with Crippen LogP contribution in [0.15, 0.2) is 96.1 Å². The lowest BCUT2D eigenvalue weighted by atomic mass is 10.2. The standard InChI is InChI=1S/C31H23Cl2N3O7/c1-41-25-13-6-19(7-14-25)29(38)34-18-28(37)36-35-17-22-8-15-26(42-30(39)20-2-9-23(32)10-3-20)16-27(22)43-31(40)21-4-11-24(33)12-5-21/h2-17H,18H2,1H3,(H,34,38)(H,36,37)/b35-17-. The molecule has 0 radical (unpaired) electrons. The number of rotatable bonds is 10. The Morgan fingerprint density at radius 3 is 1.84 bits per heavy atom. The minimum atomic E-state index is -0.710. The summed E-state index contributed by atoms with van der Waals surface area (Å²) in [5.41, 5.74) is 3.39. The van der Waals surface area contributed by atoms with E-state index in [-0.39, 0.29) is 34.7 Å². The van der Waals surface area contributed by atoms with Crippen molar-refractivity contribution < 1.29 is 33.4 Å². The van der Waals surface area contributed by atoms with Crippen LogP contribution in [0.25, 0.3) is 0 Å². The number of nitrogens with one attached hydrogen (secondary N) is 2. The number of hydrogen-bond donors (Lipinski definition) is 2. The van der Waals surface area contributed by atoms with Crippen LogP contribution >= 0.6 is 23.2 Å². The van der Waals surface area contributed by atoms with Gasteiger partial charge in [0.2, 0.25) is 0 Å². The van der Waals surface area contributed by atoms with Crippen LogP contribution in [0.1, 0.15) is 36.6 Å². The van der Waals surface area contributed by atoms with E-state index in [0.717, 1.165) is 0 Å². The van der Waals surface area contributed by atoms with E-state index in [1.165, 1.54) is 67.9 Å². The maximum absolute atomic E-state index is 12.8. The molecule has 2 amide bonds. The number of benzene rings is 4. The SMILES string of the molecule is COc1ccc(C(=O)NCC(=O)N/N=C\c2ccc(OC(=O)c3ccc(Cl)cc3)cc2OC(=O)c2ccc(Cl)cc2)cc1. The molecule has 0 heterocycles. The lowest BCUT2D eigenvalue weighted by molar-refractivity contribution is -0.120. The van der Waals surface area contributed by atoms with Gasteiger partial charge in [0.05, 0.1) is 31.0 Å². The van der Waals surface area contributed by atoms with Crippen LogP contribution in [0.2, 0.25) is 10.0 Å². The Bertz CT molecular complexity index is 1660. The van der Waals surface area contributed by atoms with Crippen molar-refractivity contribution in [1.82, 2.24) is 10.7 Å². The molecule has 0 unspecified atom stereocenters. The molecule has 4 rings (SSSR count). The van der Waals surface area contributed by atoms with Gasteiger partial charge in [-0.15, -0.1) is 0 Å². The maximum atomic E-state index is 12.8. The molecular formula is C31H23Cl2N3O7. The zero-order chi connectivity index (χ0) is 30.8. The molecule has 0 atom stereocenters. The van der Waals surface area contributed by atoms with E-state index in [1.807, 2.05) is 0 Å². The van der Waals surface area contributed by atoms with Crippen molar-refractivity contribution in [3.8, 4) is 17.2 Å². The molecule has 0 fully saturated rings. The molecule has 0 aliphatic rings. The predicted octanol–water partition coefficient (Wildman–Crippen LogP) is 5.32. The highest BCUT2D eigenvalue weighted by Gasteiger charge is 2.15. The Morgan fingerprint density at radius 2 is 1.26 bits per heavy atom. The summed E-state index contributed by atoms with van der Waals surface area (Å²) in [6.07, 6.45) is 1.23. The van der Waals surface area contributed by atoms with Crippen LogP contribution in [0.5, 0.6) is 17.2 Å². The van der Waals surface area contributed by atoms with E-state index in [0.29, 0.717) is 21.4 Å². The molecule has 43 heavy (non-hydrogen) atoms. The van der Waals surface area contributed by atoms with Crippen LogP contribution in [-0.2, 0) is 4.79 Å². The van der Waals surface area contributed by atoms with Crippen molar-refractivity contribution in [1.29, 1.82) is 0 Å². The number of hydrogen-bond acceptors (Lipinski definition) is 8. The highest BCUT2D eigenvalue weighted by molar-refractivity contribution is 6.31.